The maximum atomic E-state index is 6.03. The minimum atomic E-state index is -0.121. The largest absolute Gasteiger partial charge is 0.457 e. The van der Waals surface area contributed by atoms with E-state index in [1.807, 2.05) is 60.8 Å². The summed E-state index contributed by atoms with van der Waals surface area (Å²) in [7, 11) is 0. The van der Waals surface area contributed by atoms with Crippen molar-refractivity contribution in [1.82, 2.24) is 14.9 Å². The fourth-order valence-corrected chi connectivity index (χ4v) is 5.32. The molecule has 5 nitrogen and oxygen atoms in total. The molecule has 0 bridgehead atoms. The van der Waals surface area contributed by atoms with E-state index < -0.39 is 0 Å². The predicted octanol–water partition coefficient (Wildman–Crippen LogP) is 7.46. The highest BCUT2D eigenvalue weighted by Gasteiger charge is 2.42. The van der Waals surface area contributed by atoms with E-state index in [1.165, 1.54) is 11.1 Å². The van der Waals surface area contributed by atoms with E-state index in [2.05, 4.69) is 83.4 Å². The van der Waals surface area contributed by atoms with Crippen molar-refractivity contribution in [2.24, 2.45) is 0 Å². The zero-order valence-electron chi connectivity index (χ0n) is 21.3. The van der Waals surface area contributed by atoms with Crippen molar-refractivity contribution in [3.05, 3.63) is 138 Å². The molecule has 0 spiro atoms. The summed E-state index contributed by atoms with van der Waals surface area (Å²) >= 11 is 5.93. The third kappa shape index (κ3) is 4.55. The zero-order valence-corrected chi connectivity index (χ0v) is 22.1. The second-order valence-electron chi connectivity index (χ2n) is 9.48. The molecule has 5 aromatic rings. The van der Waals surface area contributed by atoms with Gasteiger partial charge in [-0.3, -0.25) is 4.98 Å². The van der Waals surface area contributed by atoms with Crippen molar-refractivity contribution < 1.29 is 4.74 Å². The standard InChI is InChI=1S/C32H28N4OS/c1-22-13-14-25(21-23(22)2)35-20-8-12-29(35)31-30(28-11-6-7-19-33-28)34-32(38)36(31)24-15-17-27(18-16-24)37-26-9-4-3-5-10-26/h3-21,30-31H,1-2H3,(H,34,38)/t30-,31-/m1/s1. The number of ether oxygens (including phenoxy) is 1. The summed E-state index contributed by atoms with van der Waals surface area (Å²) in [5.41, 5.74) is 6.71. The van der Waals surface area contributed by atoms with Gasteiger partial charge in [-0.05, 0) is 110 Å². The monoisotopic (exact) mass is 516 g/mol. The lowest BCUT2D eigenvalue weighted by Gasteiger charge is -2.29. The summed E-state index contributed by atoms with van der Waals surface area (Å²) in [5, 5.41) is 4.22. The van der Waals surface area contributed by atoms with Crippen LogP contribution in [-0.4, -0.2) is 14.7 Å². The Morgan fingerprint density at radius 1 is 0.763 bits per heavy atom. The van der Waals surface area contributed by atoms with Crippen LogP contribution in [0.25, 0.3) is 5.69 Å². The van der Waals surface area contributed by atoms with E-state index in [0.717, 1.165) is 34.3 Å². The van der Waals surface area contributed by atoms with Crippen LogP contribution in [0, 0.1) is 13.8 Å². The summed E-state index contributed by atoms with van der Waals surface area (Å²) in [6.45, 7) is 4.29. The Morgan fingerprint density at radius 2 is 1.50 bits per heavy atom. The summed E-state index contributed by atoms with van der Waals surface area (Å²) in [6.07, 6.45) is 3.95. The van der Waals surface area contributed by atoms with Gasteiger partial charge < -0.3 is 19.5 Å². The van der Waals surface area contributed by atoms with Gasteiger partial charge in [0, 0.05) is 29.5 Å². The number of para-hydroxylation sites is 1. The first kappa shape index (κ1) is 23.9. The number of hydrogen-bond donors (Lipinski definition) is 1. The van der Waals surface area contributed by atoms with Crippen molar-refractivity contribution >= 4 is 23.0 Å². The van der Waals surface area contributed by atoms with E-state index in [9.17, 15) is 0 Å². The molecule has 1 N–H and O–H groups in total. The SMILES string of the molecule is Cc1ccc(-n2cccc2[C@@H]2[C@@H](c3ccccn3)NC(=S)N2c2ccc(Oc3ccccc3)cc2)cc1C. The summed E-state index contributed by atoms with van der Waals surface area (Å²) in [4.78, 5) is 6.88. The molecule has 3 heterocycles. The fourth-order valence-electron chi connectivity index (χ4n) is 4.98. The number of hydrogen-bond acceptors (Lipinski definition) is 3. The molecular formula is C32H28N4OS. The lowest BCUT2D eigenvalue weighted by atomic mass is 10.0. The molecule has 1 aliphatic heterocycles. The topological polar surface area (TPSA) is 42.3 Å². The van der Waals surface area contributed by atoms with Crippen molar-refractivity contribution in [2.45, 2.75) is 25.9 Å². The second-order valence-corrected chi connectivity index (χ2v) is 9.86. The molecule has 6 rings (SSSR count). The molecule has 0 unspecified atom stereocenters. The van der Waals surface area contributed by atoms with Crippen molar-refractivity contribution in [3.8, 4) is 17.2 Å². The van der Waals surface area contributed by atoms with Crippen LogP contribution in [0.2, 0.25) is 0 Å². The summed E-state index contributed by atoms with van der Waals surface area (Å²) < 4.78 is 8.28. The highest BCUT2D eigenvalue weighted by atomic mass is 32.1. The molecule has 188 valence electrons. The summed E-state index contributed by atoms with van der Waals surface area (Å²) in [5.74, 6) is 1.58. The Morgan fingerprint density at radius 3 is 2.24 bits per heavy atom. The molecule has 0 radical (unpaired) electrons. The molecule has 1 aliphatic rings. The molecule has 3 aromatic carbocycles. The Labute approximate surface area is 228 Å². The molecule has 38 heavy (non-hydrogen) atoms. The van der Waals surface area contributed by atoms with Crippen molar-refractivity contribution in [3.63, 3.8) is 0 Å². The first-order chi connectivity index (χ1) is 18.6. The first-order valence-corrected chi connectivity index (χ1v) is 13.1. The molecule has 0 saturated carbocycles. The van der Waals surface area contributed by atoms with Gasteiger partial charge in [0.2, 0.25) is 0 Å². The maximum Gasteiger partial charge on any atom is 0.174 e. The highest BCUT2D eigenvalue weighted by Crippen LogP contribution is 2.42. The number of rotatable bonds is 6. The normalized spacial score (nSPS) is 16.9. The van der Waals surface area contributed by atoms with Crippen LogP contribution in [0.1, 0.15) is 34.6 Å². The number of nitrogens with zero attached hydrogens (tertiary/aromatic N) is 3. The number of nitrogens with one attached hydrogen (secondary N) is 1. The molecule has 2 aromatic heterocycles. The Balaban J connectivity index is 1.41. The zero-order chi connectivity index (χ0) is 26.1. The molecule has 2 atom stereocenters. The number of thiocarbonyl (C=S) groups is 1. The molecule has 0 amide bonds. The minimum Gasteiger partial charge on any atom is -0.457 e. The predicted molar refractivity (Wildman–Crippen MR) is 156 cm³/mol. The molecule has 6 heteroatoms. The Kier molecular flexibility index (Phi) is 6.40. The van der Waals surface area contributed by atoms with Crippen LogP contribution < -0.4 is 15.0 Å². The van der Waals surface area contributed by atoms with Gasteiger partial charge in [-0.1, -0.05) is 30.3 Å². The van der Waals surface area contributed by atoms with Gasteiger partial charge in [-0.2, -0.15) is 0 Å². The average Bonchev–Trinajstić information content (AvgIpc) is 3.56. The first-order valence-electron chi connectivity index (χ1n) is 12.7. The van der Waals surface area contributed by atoms with Crippen LogP contribution in [0.3, 0.4) is 0 Å². The molecular weight excluding hydrogens is 488 g/mol. The fraction of sp³-hybridized carbons (Fsp3) is 0.125. The summed E-state index contributed by atoms with van der Waals surface area (Å²) in [6, 6.07) is 34.5. The third-order valence-electron chi connectivity index (χ3n) is 7.04. The van der Waals surface area contributed by atoms with E-state index in [0.29, 0.717) is 5.11 Å². The van der Waals surface area contributed by atoms with E-state index in [1.54, 1.807) is 0 Å². The van der Waals surface area contributed by atoms with Crippen LogP contribution in [-0.2, 0) is 0 Å². The van der Waals surface area contributed by atoms with Crippen molar-refractivity contribution in [2.75, 3.05) is 4.90 Å². The average molecular weight is 517 g/mol. The second kappa shape index (κ2) is 10.1. The van der Waals surface area contributed by atoms with Crippen LogP contribution in [0.5, 0.6) is 11.5 Å². The van der Waals surface area contributed by atoms with E-state index in [4.69, 9.17) is 21.9 Å². The van der Waals surface area contributed by atoms with Gasteiger partial charge in [-0.15, -0.1) is 0 Å². The number of aromatic nitrogens is 2. The number of anilines is 1. The van der Waals surface area contributed by atoms with E-state index >= 15 is 0 Å². The Bertz CT molecular complexity index is 1560. The van der Waals surface area contributed by atoms with Crippen LogP contribution >= 0.6 is 12.2 Å². The van der Waals surface area contributed by atoms with Crippen molar-refractivity contribution in [1.29, 1.82) is 0 Å². The van der Waals surface area contributed by atoms with Gasteiger partial charge >= 0.3 is 0 Å². The number of aryl methyl sites for hydroxylation is 2. The highest BCUT2D eigenvalue weighted by molar-refractivity contribution is 7.80. The number of benzene rings is 3. The van der Waals surface area contributed by atoms with Gasteiger partial charge in [0.25, 0.3) is 0 Å². The Hall–Kier alpha value is -4.42. The lowest BCUT2D eigenvalue weighted by molar-refractivity contribution is 0.482. The van der Waals surface area contributed by atoms with Gasteiger partial charge in [0.1, 0.15) is 17.5 Å². The molecule has 0 aliphatic carbocycles. The lowest BCUT2D eigenvalue weighted by Crippen LogP contribution is -2.30. The molecule has 1 fully saturated rings. The smallest absolute Gasteiger partial charge is 0.174 e. The molecule has 1 saturated heterocycles. The maximum absolute atomic E-state index is 6.03. The van der Waals surface area contributed by atoms with Gasteiger partial charge in [-0.25, -0.2) is 0 Å². The quantitative estimate of drug-likeness (QED) is 0.237. The van der Waals surface area contributed by atoms with Crippen LogP contribution in [0.4, 0.5) is 5.69 Å². The minimum absolute atomic E-state index is 0.116. The van der Waals surface area contributed by atoms with Gasteiger partial charge in [0.05, 0.1) is 11.7 Å². The van der Waals surface area contributed by atoms with Crippen LogP contribution in [0.15, 0.2) is 116 Å². The van der Waals surface area contributed by atoms with E-state index in [-0.39, 0.29) is 12.1 Å². The number of pyridine rings is 1. The third-order valence-corrected chi connectivity index (χ3v) is 7.36. The van der Waals surface area contributed by atoms with Gasteiger partial charge in [0.15, 0.2) is 5.11 Å².